The predicted molar refractivity (Wildman–Crippen MR) is 93.1 cm³/mol. The molecule has 1 aromatic carbocycles. The SMILES string of the molecule is C[C@@H]1C[C@H](C)CN(C(=O)[C@@H](Cc2ccccc2)n2cccc2)C1. The van der Waals surface area contributed by atoms with E-state index in [0.717, 1.165) is 19.5 Å². The van der Waals surface area contributed by atoms with Crippen LogP contribution in [-0.2, 0) is 11.2 Å². The molecule has 1 aliphatic rings. The molecule has 0 saturated carbocycles. The van der Waals surface area contributed by atoms with Crippen LogP contribution in [0.25, 0.3) is 0 Å². The molecule has 3 atom stereocenters. The van der Waals surface area contributed by atoms with Gasteiger partial charge in [0.1, 0.15) is 6.04 Å². The molecule has 0 unspecified atom stereocenters. The molecule has 0 radical (unpaired) electrons. The minimum atomic E-state index is -0.148. The maximum absolute atomic E-state index is 13.2. The van der Waals surface area contributed by atoms with E-state index in [1.807, 2.05) is 42.7 Å². The van der Waals surface area contributed by atoms with Crippen molar-refractivity contribution in [3.8, 4) is 0 Å². The Hall–Kier alpha value is -2.03. The first-order chi connectivity index (χ1) is 11.1. The van der Waals surface area contributed by atoms with E-state index in [4.69, 9.17) is 0 Å². The molecular weight excluding hydrogens is 284 g/mol. The van der Waals surface area contributed by atoms with Crippen molar-refractivity contribution in [1.29, 1.82) is 0 Å². The Kier molecular flexibility index (Phi) is 4.85. The third-order valence-electron chi connectivity index (χ3n) is 4.72. The highest BCUT2D eigenvalue weighted by Gasteiger charge is 2.30. The van der Waals surface area contributed by atoms with Gasteiger partial charge in [-0.1, -0.05) is 44.2 Å². The predicted octanol–water partition coefficient (Wildman–Crippen LogP) is 3.78. The van der Waals surface area contributed by atoms with Gasteiger partial charge in [-0.05, 0) is 36.0 Å². The highest BCUT2D eigenvalue weighted by Crippen LogP contribution is 2.25. The Labute approximate surface area is 138 Å². The molecule has 1 fully saturated rings. The number of likely N-dealkylation sites (tertiary alicyclic amines) is 1. The normalized spacial score (nSPS) is 22.8. The van der Waals surface area contributed by atoms with Crippen molar-refractivity contribution < 1.29 is 4.79 Å². The number of carbonyl (C=O) groups excluding carboxylic acids is 1. The first-order valence-corrected chi connectivity index (χ1v) is 8.58. The summed E-state index contributed by atoms with van der Waals surface area (Å²) in [6.07, 6.45) is 5.97. The average Bonchev–Trinajstić information content (AvgIpc) is 3.06. The zero-order chi connectivity index (χ0) is 16.2. The van der Waals surface area contributed by atoms with E-state index in [1.54, 1.807) is 0 Å². The molecule has 2 aromatic rings. The van der Waals surface area contributed by atoms with Gasteiger partial charge >= 0.3 is 0 Å². The zero-order valence-electron chi connectivity index (χ0n) is 14.1. The van der Waals surface area contributed by atoms with Gasteiger partial charge in [0.2, 0.25) is 5.91 Å². The van der Waals surface area contributed by atoms with Gasteiger partial charge in [-0.15, -0.1) is 0 Å². The van der Waals surface area contributed by atoms with E-state index in [9.17, 15) is 4.79 Å². The fraction of sp³-hybridized carbons (Fsp3) is 0.450. The van der Waals surface area contributed by atoms with Crippen molar-refractivity contribution in [2.45, 2.75) is 32.7 Å². The fourth-order valence-corrected chi connectivity index (χ4v) is 3.77. The molecule has 1 amide bonds. The molecule has 3 heteroatoms. The lowest BCUT2D eigenvalue weighted by Crippen LogP contribution is -2.46. The van der Waals surface area contributed by atoms with E-state index >= 15 is 0 Å². The summed E-state index contributed by atoms with van der Waals surface area (Å²) in [5, 5.41) is 0. The third kappa shape index (κ3) is 3.84. The van der Waals surface area contributed by atoms with Crippen LogP contribution in [0.1, 0.15) is 31.9 Å². The van der Waals surface area contributed by atoms with Gasteiger partial charge in [0, 0.05) is 31.9 Å². The smallest absolute Gasteiger partial charge is 0.245 e. The highest BCUT2D eigenvalue weighted by molar-refractivity contribution is 5.81. The van der Waals surface area contributed by atoms with E-state index in [2.05, 4.69) is 35.4 Å². The largest absolute Gasteiger partial charge is 0.342 e. The summed E-state index contributed by atoms with van der Waals surface area (Å²) in [4.78, 5) is 15.3. The average molecular weight is 310 g/mol. The maximum atomic E-state index is 13.2. The van der Waals surface area contributed by atoms with Crippen LogP contribution in [0, 0.1) is 11.8 Å². The lowest BCUT2D eigenvalue weighted by molar-refractivity contribution is -0.137. The Bertz CT molecular complexity index is 610. The van der Waals surface area contributed by atoms with E-state index in [-0.39, 0.29) is 11.9 Å². The van der Waals surface area contributed by atoms with Gasteiger partial charge in [0.15, 0.2) is 0 Å². The number of hydrogen-bond donors (Lipinski definition) is 0. The second kappa shape index (κ2) is 7.03. The lowest BCUT2D eigenvalue weighted by atomic mass is 9.91. The van der Waals surface area contributed by atoms with Crippen molar-refractivity contribution in [3.63, 3.8) is 0 Å². The minimum absolute atomic E-state index is 0.148. The number of nitrogens with zero attached hydrogens (tertiary/aromatic N) is 2. The summed E-state index contributed by atoms with van der Waals surface area (Å²) >= 11 is 0. The summed E-state index contributed by atoms with van der Waals surface area (Å²) in [5.74, 6) is 1.43. The van der Waals surface area contributed by atoms with Crippen molar-refractivity contribution in [3.05, 3.63) is 60.4 Å². The fourth-order valence-electron chi connectivity index (χ4n) is 3.77. The second-order valence-corrected chi connectivity index (χ2v) is 7.03. The van der Waals surface area contributed by atoms with Crippen LogP contribution in [0.5, 0.6) is 0 Å². The molecule has 122 valence electrons. The van der Waals surface area contributed by atoms with Crippen molar-refractivity contribution in [2.24, 2.45) is 11.8 Å². The van der Waals surface area contributed by atoms with Crippen molar-refractivity contribution in [2.75, 3.05) is 13.1 Å². The van der Waals surface area contributed by atoms with Crippen LogP contribution >= 0.6 is 0 Å². The lowest BCUT2D eigenvalue weighted by Gasteiger charge is -2.37. The summed E-state index contributed by atoms with van der Waals surface area (Å²) in [6.45, 7) is 6.26. The molecule has 0 spiro atoms. The standard InChI is InChI=1S/C20H26N2O/c1-16-12-17(2)15-22(14-16)20(23)19(21-10-6-7-11-21)13-18-8-4-3-5-9-18/h3-11,16-17,19H,12-15H2,1-2H3/t16-,17+,19-/m1/s1. The molecule has 1 saturated heterocycles. The monoisotopic (exact) mass is 310 g/mol. The van der Waals surface area contributed by atoms with Crippen LogP contribution in [0.3, 0.4) is 0 Å². The molecule has 0 N–H and O–H groups in total. The molecule has 1 aromatic heterocycles. The van der Waals surface area contributed by atoms with Crippen LogP contribution in [0.2, 0.25) is 0 Å². The second-order valence-electron chi connectivity index (χ2n) is 7.03. The highest BCUT2D eigenvalue weighted by atomic mass is 16.2. The minimum Gasteiger partial charge on any atom is -0.342 e. The van der Waals surface area contributed by atoms with Crippen molar-refractivity contribution in [1.82, 2.24) is 9.47 Å². The first-order valence-electron chi connectivity index (χ1n) is 8.58. The first kappa shape index (κ1) is 15.9. The quantitative estimate of drug-likeness (QED) is 0.844. The van der Waals surface area contributed by atoms with Crippen LogP contribution in [0.4, 0.5) is 0 Å². The molecule has 1 aliphatic heterocycles. The Morgan fingerprint density at radius 2 is 1.65 bits per heavy atom. The van der Waals surface area contributed by atoms with Crippen LogP contribution in [-0.4, -0.2) is 28.5 Å². The molecule has 23 heavy (non-hydrogen) atoms. The number of rotatable bonds is 4. The third-order valence-corrected chi connectivity index (χ3v) is 4.72. The maximum Gasteiger partial charge on any atom is 0.245 e. The zero-order valence-corrected chi connectivity index (χ0v) is 14.1. The number of carbonyl (C=O) groups is 1. The number of benzene rings is 1. The van der Waals surface area contributed by atoms with E-state index in [1.165, 1.54) is 12.0 Å². The van der Waals surface area contributed by atoms with Gasteiger partial charge in [-0.3, -0.25) is 4.79 Å². The van der Waals surface area contributed by atoms with Gasteiger partial charge < -0.3 is 9.47 Å². The summed E-state index contributed by atoms with van der Waals surface area (Å²) in [5.41, 5.74) is 1.21. The Balaban J connectivity index is 1.82. The molecule has 0 bridgehead atoms. The van der Waals surface area contributed by atoms with Gasteiger partial charge in [0.25, 0.3) is 0 Å². The topological polar surface area (TPSA) is 25.2 Å². The number of piperidine rings is 1. The van der Waals surface area contributed by atoms with Gasteiger partial charge in [-0.2, -0.15) is 0 Å². The van der Waals surface area contributed by atoms with E-state index in [0.29, 0.717) is 11.8 Å². The number of amides is 1. The summed E-state index contributed by atoms with van der Waals surface area (Å²) < 4.78 is 2.05. The molecule has 3 rings (SSSR count). The van der Waals surface area contributed by atoms with Crippen molar-refractivity contribution >= 4 is 5.91 Å². The molecule has 3 nitrogen and oxygen atoms in total. The summed E-state index contributed by atoms with van der Waals surface area (Å²) in [7, 11) is 0. The molecule has 0 aliphatic carbocycles. The summed E-state index contributed by atoms with van der Waals surface area (Å²) in [6, 6.07) is 14.1. The number of hydrogen-bond acceptors (Lipinski definition) is 1. The molecular formula is C20H26N2O. The van der Waals surface area contributed by atoms with Crippen LogP contribution < -0.4 is 0 Å². The van der Waals surface area contributed by atoms with Crippen LogP contribution in [0.15, 0.2) is 54.9 Å². The Morgan fingerprint density at radius 1 is 1.04 bits per heavy atom. The van der Waals surface area contributed by atoms with E-state index < -0.39 is 0 Å². The number of aromatic nitrogens is 1. The molecule has 2 heterocycles. The van der Waals surface area contributed by atoms with Gasteiger partial charge in [-0.25, -0.2) is 0 Å². The Morgan fingerprint density at radius 3 is 2.26 bits per heavy atom. The van der Waals surface area contributed by atoms with Gasteiger partial charge in [0.05, 0.1) is 0 Å².